The summed E-state index contributed by atoms with van der Waals surface area (Å²) in [5, 5.41) is 24.1. The summed E-state index contributed by atoms with van der Waals surface area (Å²) < 4.78 is 2.28. The molecule has 1 amide bonds. The van der Waals surface area contributed by atoms with Crippen molar-refractivity contribution in [3.8, 4) is 0 Å². The summed E-state index contributed by atoms with van der Waals surface area (Å²) in [5.74, 6) is -0.261. The monoisotopic (exact) mass is 541 g/mol. The third kappa shape index (κ3) is 6.41. The molecule has 3 heterocycles. The zero-order chi connectivity index (χ0) is 26.5. The van der Waals surface area contributed by atoms with Gasteiger partial charge in [-0.1, -0.05) is 23.7 Å². The molecule has 0 saturated heterocycles. The quantitative estimate of drug-likeness (QED) is 0.282. The Morgan fingerprint density at radius 1 is 1.27 bits per heavy atom. The van der Waals surface area contributed by atoms with E-state index in [0.717, 1.165) is 10.4 Å². The van der Waals surface area contributed by atoms with Crippen LogP contribution in [0.3, 0.4) is 0 Å². The minimum Gasteiger partial charge on any atom is -0.392 e. The number of nitrogens with one attached hydrogen (secondary N) is 1. The van der Waals surface area contributed by atoms with E-state index < -0.39 is 6.10 Å². The van der Waals surface area contributed by atoms with Crippen molar-refractivity contribution >= 4 is 39.1 Å². The third-order valence-electron chi connectivity index (χ3n) is 6.00. The summed E-state index contributed by atoms with van der Waals surface area (Å²) >= 11 is 7.21. The topological polar surface area (TPSA) is 121 Å². The highest BCUT2D eigenvalue weighted by atomic mass is 35.5. The van der Waals surface area contributed by atoms with Crippen molar-refractivity contribution in [2.75, 3.05) is 13.6 Å². The largest absolute Gasteiger partial charge is 0.392 e. The van der Waals surface area contributed by atoms with Gasteiger partial charge in [0.05, 0.1) is 35.1 Å². The molecule has 4 rings (SSSR count). The number of benzene rings is 1. The second-order valence-electron chi connectivity index (χ2n) is 8.86. The predicted octanol–water partition coefficient (Wildman–Crippen LogP) is 2.56. The van der Waals surface area contributed by atoms with Gasteiger partial charge in [-0.3, -0.25) is 24.5 Å². The molecule has 0 radical (unpaired) electrons. The number of carbonyl (C=O) groups is 1. The van der Waals surface area contributed by atoms with E-state index in [9.17, 15) is 19.8 Å². The average Bonchev–Trinajstić information content (AvgIpc) is 3.26. The van der Waals surface area contributed by atoms with Gasteiger partial charge in [0.2, 0.25) is 11.3 Å². The van der Waals surface area contributed by atoms with E-state index in [4.69, 9.17) is 11.6 Å². The number of amides is 1. The minimum absolute atomic E-state index is 0.0535. The number of aliphatic hydroxyl groups excluding tert-OH is 2. The van der Waals surface area contributed by atoms with E-state index in [1.807, 2.05) is 24.1 Å². The van der Waals surface area contributed by atoms with Gasteiger partial charge in [-0.2, -0.15) is 0 Å². The van der Waals surface area contributed by atoms with Gasteiger partial charge in [0.1, 0.15) is 6.10 Å². The first kappa shape index (κ1) is 26.9. The molecule has 1 atom stereocenters. The van der Waals surface area contributed by atoms with Crippen molar-refractivity contribution < 1.29 is 15.0 Å². The second kappa shape index (κ2) is 11.9. The van der Waals surface area contributed by atoms with Crippen LogP contribution in [0.5, 0.6) is 0 Å². The van der Waals surface area contributed by atoms with E-state index in [-0.39, 0.29) is 24.4 Å². The number of thiophene rings is 1. The van der Waals surface area contributed by atoms with E-state index in [2.05, 4.69) is 15.3 Å². The van der Waals surface area contributed by atoms with Crippen LogP contribution in [0.15, 0.2) is 53.8 Å². The van der Waals surface area contributed by atoms with Crippen LogP contribution in [0.1, 0.15) is 33.4 Å². The number of halogens is 1. The summed E-state index contributed by atoms with van der Waals surface area (Å²) in [4.78, 5) is 36.7. The van der Waals surface area contributed by atoms with Crippen molar-refractivity contribution in [1.29, 1.82) is 0 Å². The molecular weight excluding hydrogens is 514 g/mol. The Balaban J connectivity index is 1.51. The first-order chi connectivity index (χ1) is 17.8. The predicted molar refractivity (Wildman–Crippen MR) is 143 cm³/mol. The molecule has 0 aliphatic rings. The van der Waals surface area contributed by atoms with Crippen molar-refractivity contribution in [1.82, 2.24) is 24.8 Å². The van der Waals surface area contributed by atoms with Gasteiger partial charge in [-0.25, -0.2) is 0 Å². The summed E-state index contributed by atoms with van der Waals surface area (Å²) in [5.41, 5.74) is 2.86. The fraction of sp³-hybridized carbons (Fsp3) is 0.308. The van der Waals surface area contributed by atoms with Crippen molar-refractivity contribution in [2.24, 2.45) is 7.05 Å². The van der Waals surface area contributed by atoms with Crippen LogP contribution in [0.25, 0.3) is 10.2 Å². The summed E-state index contributed by atoms with van der Waals surface area (Å²) in [6.07, 6.45) is 5.37. The lowest BCUT2D eigenvalue weighted by Crippen LogP contribution is -2.27. The Bertz CT molecular complexity index is 1440. The highest BCUT2D eigenvalue weighted by molar-refractivity contribution is 7.19. The van der Waals surface area contributed by atoms with Gasteiger partial charge < -0.3 is 20.1 Å². The van der Waals surface area contributed by atoms with Crippen molar-refractivity contribution in [3.63, 3.8) is 0 Å². The number of hydrogen-bond acceptors (Lipinski definition) is 8. The lowest BCUT2D eigenvalue weighted by Gasteiger charge is -2.20. The van der Waals surface area contributed by atoms with Crippen LogP contribution in [0.2, 0.25) is 5.02 Å². The van der Waals surface area contributed by atoms with E-state index in [0.29, 0.717) is 51.7 Å². The maximum absolute atomic E-state index is 13.3. The smallest absolute Gasteiger partial charge is 0.224 e. The molecule has 194 valence electrons. The van der Waals surface area contributed by atoms with Gasteiger partial charge >= 0.3 is 0 Å². The molecule has 9 nitrogen and oxygen atoms in total. The molecule has 0 aliphatic heterocycles. The lowest BCUT2D eigenvalue weighted by atomic mass is 10.1. The molecule has 0 aliphatic carbocycles. The second-order valence-corrected chi connectivity index (χ2v) is 10.4. The van der Waals surface area contributed by atoms with Crippen LogP contribution < -0.4 is 10.7 Å². The number of aryl methyl sites for hydroxylation is 1. The molecule has 3 N–H and O–H groups in total. The van der Waals surface area contributed by atoms with Gasteiger partial charge in [0.25, 0.3) is 0 Å². The van der Waals surface area contributed by atoms with Crippen LogP contribution in [0, 0.1) is 0 Å². The number of nitrogens with zero attached hydrogens (tertiary/aromatic N) is 4. The maximum atomic E-state index is 13.3. The average molecular weight is 542 g/mol. The van der Waals surface area contributed by atoms with Gasteiger partial charge in [-0.15, -0.1) is 11.3 Å². The minimum atomic E-state index is -0.824. The van der Waals surface area contributed by atoms with Crippen LogP contribution >= 0.6 is 22.9 Å². The standard InChI is InChI=1S/C26H28ClN5O4S/c1-31(13-21(34)20-11-28-7-8-29-20)14-22-19(15-33)24-26(37-22)25(36)17(12-32(24)2)9-23(35)30-10-16-3-5-18(27)6-4-16/h3-8,11-12,21,33-34H,9-10,13-15H2,1-2H3,(H,30,35). The molecule has 1 unspecified atom stereocenters. The normalized spacial score (nSPS) is 12.3. The zero-order valence-electron chi connectivity index (χ0n) is 20.5. The number of fused-ring (bicyclic) bond motifs is 1. The highest BCUT2D eigenvalue weighted by Crippen LogP contribution is 2.31. The number of aliphatic hydroxyl groups is 2. The molecule has 37 heavy (non-hydrogen) atoms. The Morgan fingerprint density at radius 2 is 2.03 bits per heavy atom. The highest BCUT2D eigenvalue weighted by Gasteiger charge is 2.21. The SMILES string of the molecule is CN(Cc1sc2c(=O)c(CC(=O)NCc3ccc(Cl)cc3)cn(C)c2c1CO)CC(O)c1cnccn1. The molecule has 0 fully saturated rings. The first-order valence-corrected chi connectivity index (χ1v) is 12.8. The zero-order valence-corrected chi connectivity index (χ0v) is 22.1. The Labute approximate surface area is 223 Å². The van der Waals surface area contributed by atoms with E-state index in [1.54, 1.807) is 36.1 Å². The molecule has 3 aromatic heterocycles. The van der Waals surface area contributed by atoms with Crippen LogP contribution in [0.4, 0.5) is 0 Å². The third-order valence-corrected chi connectivity index (χ3v) is 7.45. The fourth-order valence-electron chi connectivity index (χ4n) is 4.17. The van der Waals surface area contributed by atoms with Crippen LogP contribution in [-0.4, -0.2) is 49.1 Å². The molecule has 0 spiro atoms. The Morgan fingerprint density at radius 3 is 2.70 bits per heavy atom. The molecule has 0 bridgehead atoms. The van der Waals surface area contributed by atoms with E-state index >= 15 is 0 Å². The Kier molecular flexibility index (Phi) is 8.67. The molecule has 11 heteroatoms. The fourth-order valence-corrected chi connectivity index (χ4v) is 5.70. The molecular formula is C26H28ClN5O4S. The number of aromatic nitrogens is 3. The van der Waals surface area contributed by atoms with Gasteiger partial charge in [-0.05, 0) is 24.7 Å². The first-order valence-electron chi connectivity index (χ1n) is 11.6. The Hall–Kier alpha value is -3.15. The number of rotatable bonds is 10. The van der Waals surface area contributed by atoms with Crippen molar-refractivity contribution in [3.05, 3.63) is 91.6 Å². The van der Waals surface area contributed by atoms with Gasteiger partial charge in [0, 0.05) is 66.3 Å². The molecule has 0 saturated carbocycles. The van der Waals surface area contributed by atoms with E-state index in [1.165, 1.54) is 23.7 Å². The number of carbonyl (C=O) groups excluding carboxylic acids is 1. The van der Waals surface area contributed by atoms with Crippen LogP contribution in [-0.2, 0) is 38.0 Å². The summed E-state index contributed by atoms with van der Waals surface area (Å²) in [6, 6.07) is 7.18. The lowest BCUT2D eigenvalue weighted by molar-refractivity contribution is -0.120. The number of hydrogen-bond donors (Lipinski definition) is 3. The number of likely N-dealkylation sites (N-methyl/N-ethyl adjacent to an activating group) is 1. The van der Waals surface area contributed by atoms with Gasteiger partial charge in [0.15, 0.2) is 0 Å². The summed E-state index contributed by atoms with van der Waals surface area (Å²) in [6.45, 7) is 0.823. The van der Waals surface area contributed by atoms with Crippen molar-refractivity contribution in [2.45, 2.75) is 32.2 Å². The summed E-state index contributed by atoms with van der Waals surface area (Å²) in [7, 11) is 3.65. The number of pyridine rings is 1. The maximum Gasteiger partial charge on any atom is 0.224 e. The molecule has 4 aromatic rings. The molecule has 1 aromatic carbocycles.